The summed E-state index contributed by atoms with van der Waals surface area (Å²) in [4.78, 5) is 15.3. The summed E-state index contributed by atoms with van der Waals surface area (Å²) in [7, 11) is 0. The second-order valence-corrected chi connectivity index (χ2v) is 13.7. The molecule has 0 aliphatic carbocycles. The van der Waals surface area contributed by atoms with E-state index in [2.05, 4.69) is 25.2 Å². The van der Waals surface area contributed by atoms with Crippen LogP contribution < -0.4 is 20.5 Å². The number of aromatic nitrogens is 3. The third kappa shape index (κ3) is 4.96. The third-order valence-corrected chi connectivity index (χ3v) is 10.8. The van der Waals surface area contributed by atoms with E-state index in [0.29, 0.717) is 12.8 Å². The molecule has 0 radical (unpaired) electrons. The quantitative estimate of drug-likeness (QED) is 0.231. The number of hydrogen-bond donors (Lipinski definition) is 2. The first-order valence-electron chi connectivity index (χ1n) is 15.3. The first-order valence-corrected chi connectivity index (χ1v) is 16.2. The van der Waals surface area contributed by atoms with Gasteiger partial charge in [0.05, 0.1) is 26.7 Å². The van der Waals surface area contributed by atoms with Gasteiger partial charge in [0.25, 0.3) is 0 Å². The smallest absolute Gasteiger partial charge is 0.417 e. The van der Waals surface area contributed by atoms with E-state index in [1.807, 2.05) is 0 Å². The monoisotopic (exact) mass is 646 g/mol. The van der Waals surface area contributed by atoms with Gasteiger partial charge in [-0.1, -0.05) is 11.3 Å². The molecule has 238 valence electrons. The van der Waals surface area contributed by atoms with Gasteiger partial charge in [-0.2, -0.15) is 23.1 Å². The lowest BCUT2D eigenvalue weighted by molar-refractivity contribution is -0.137. The summed E-state index contributed by atoms with van der Waals surface area (Å²) in [6.07, 6.45) is 1.97. The van der Waals surface area contributed by atoms with Gasteiger partial charge >= 0.3 is 12.2 Å². The predicted molar refractivity (Wildman–Crippen MR) is 159 cm³/mol. The number of alkyl halides is 3. The van der Waals surface area contributed by atoms with Crippen molar-refractivity contribution in [3.63, 3.8) is 0 Å². The molecule has 8 rings (SSSR count). The van der Waals surface area contributed by atoms with E-state index >= 15 is 4.39 Å². The Morgan fingerprint density at radius 2 is 1.76 bits per heavy atom. The molecule has 0 amide bonds. The summed E-state index contributed by atoms with van der Waals surface area (Å²) in [5, 5.41) is 3.26. The summed E-state index contributed by atoms with van der Waals surface area (Å²) >= 11 is 0.779. The van der Waals surface area contributed by atoms with Gasteiger partial charge < -0.3 is 20.5 Å². The summed E-state index contributed by atoms with van der Waals surface area (Å²) in [5.74, 6) is -2.11. The van der Waals surface area contributed by atoms with Crippen molar-refractivity contribution < 1.29 is 31.4 Å². The van der Waals surface area contributed by atoms with E-state index < -0.39 is 28.9 Å². The average molecular weight is 647 g/mol. The van der Waals surface area contributed by atoms with E-state index in [9.17, 15) is 17.6 Å². The summed E-state index contributed by atoms with van der Waals surface area (Å²) in [6, 6.07) is 3.23. The topological polar surface area (TPSA) is 98.4 Å². The molecule has 45 heavy (non-hydrogen) atoms. The van der Waals surface area contributed by atoms with Crippen LogP contribution in [-0.2, 0) is 6.18 Å². The zero-order valence-electron chi connectivity index (χ0n) is 24.2. The van der Waals surface area contributed by atoms with Crippen molar-refractivity contribution in [3.05, 3.63) is 35.4 Å². The van der Waals surface area contributed by atoms with Gasteiger partial charge in [-0.25, -0.2) is 13.8 Å². The molecular formula is C31H31F5N6O2S. The number of nitrogens with one attached hydrogen (secondary N) is 1. The van der Waals surface area contributed by atoms with Crippen LogP contribution in [0.4, 0.5) is 27.1 Å². The van der Waals surface area contributed by atoms with Gasteiger partial charge in [-0.3, -0.25) is 4.90 Å². The first-order chi connectivity index (χ1) is 21.6. The average Bonchev–Trinajstić information content (AvgIpc) is 3.76. The van der Waals surface area contributed by atoms with Crippen molar-refractivity contribution in [2.45, 2.75) is 81.3 Å². The fourth-order valence-electron chi connectivity index (χ4n) is 7.93. The number of hydrogen-bond acceptors (Lipinski definition) is 9. The Bertz CT molecular complexity index is 1790. The van der Waals surface area contributed by atoms with Crippen molar-refractivity contribution in [2.75, 3.05) is 25.4 Å². The second-order valence-electron chi connectivity index (χ2n) is 12.7. The summed E-state index contributed by atoms with van der Waals surface area (Å²) in [5.41, 5.74) is 2.79. The Morgan fingerprint density at radius 1 is 1.02 bits per heavy atom. The van der Waals surface area contributed by atoms with E-state index in [-0.39, 0.29) is 74.0 Å². The number of thiazole rings is 1. The molecule has 2 aromatic carbocycles. The number of halogens is 5. The number of nitrogen functional groups attached to an aromatic ring is 1. The summed E-state index contributed by atoms with van der Waals surface area (Å²) < 4.78 is 87.9. The highest BCUT2D eigenvalue weighted by molar-refractivity contribution is 7.22. The minimum Gasteiger partial charge on any atom is -0.474 e. The van der Waals surface area contributed by atoms with Crippen LogP contribution in [0.15, 0.2) is 18.2 Å². The molecule has 0 saturated carbocycles. The van der Waals surface area contributed by atoms with Crippen LogP contribution in [0, 0.1) is 11.6 Å². The number of piperidine rings is 1. The lowest BCUT2D eigenvalue weighted by Gasteiger charge is -2.31. The first kappa shape index (κ1) is 29.1. The highest BCUT2D eigenvalue weighted by Gasteiger charge is 2.45. The Kier molecular flexibility index (Phi) is 6.84. The van der Waals surface area contributed by atoms with Crippen LogP contribution >= 0.6 is 11.3 Å². The normalized spacial score (nSPS) is 24.5. The van der Waals surface area contributed by atoms with Crippen LogP contribution in [0.3, 0.4) is 0 Å². The van der Waals surface area contributed by atoms with Crippen molar-refractivity contribution in [1.82, 2.24) is 25.2 Å². The molecule has 2 aromatic heterocycles. The van der Waals surface area contributed by atoms with Crippen LogP contribution in [0.5, 0.6) is 11.9 Å². The maximum Gasteiger partial charge on any atom is 0.417 e. The van der Waals surface area contributed by atoms with Crippen molar-refractivity contribution in [3.8, 4) is 23.0 Å². The van der Waals surface area contributed by atoms with Crippen molar-refractivity contribution >= 4 is 37.6 Å². The zero-order chi connectivity index (χ0) is 31.1. The van der Waals surface area contributed by atoms with E-state index in [0.717, 1.165) is 81.2 Å². The number of benzene rings is 2. The van der Waals surface area contributed by atoms with Gasteiger partial charge in [0.1, 0.15) is 24.0 Å². The molecule has 2 atom stereocenters. The Labute approximate surface area is 259 Å². The standard InChI is InChI=1S/C31H31F5N6O2S/c32-21-6-5-18(25-26(21)45-28(37)39-25)22-20(31(34,35)36)13-19-24(23(22)33)40-29(43-14-30-7-1-9-42(30)10-2-8-30)41-27(19)44-17-11-15-3-4-16(12-17)38-15/h5-6,13,15-17,38H,1-4,7-12,14H2,(H2,37,39). The third-order valence-electron chi connectivity index (χ3n) is 9.95. The molecule has 2 unspecified atom stereocenters. The van der Waals surface area contributed by atoms with Gasteiger partial charge in [0, 0.05) is 23.2 Å². The summed E-state index contributed by atoms with van der Waals surface area (Å²) in [6.45, 7) is 2.22. The predicted octanol–water partition coefficient (Wildman–Crippen LogP) is 6.45. The minimum atomic E-state index is -4.99. The van der Waals surface area contributed by atoms with Crippen LogP contribution in [0.2, 0.25) is 0 Å². The SMILES string of the molecule is Nc1nc2c(-c3c(C(F)(F)F)cc4c(OC5CC6CCC(C5)N6)nc(OCC56CCCN5CCC6)nc4c3F)ccc(F)c2s1. The molecule has 6 heterocycles. The van der Waals surface area contributed by atoms with Crippen molar-refractivity contribution in [1.29, 1.82) is 0 Å². The second kappa shape index (κ2) is 10.6. The van der Waals surface area contributed by atoms with E-state index in [4.69, 9.17) is 15.2 Å². The Morgan fingerprint density at radius 3 is 2.47 bits per heavy atom. The fraction of sp³-hybridized carbons (Fsp3) is 0.516. The number of rotatable bonds is 6. The maximum absolute atomic E-state index is 16.7. The molecule has 4 aliphatic rings. The number of nitrogens with zero attached hydrogens (tertiary/aromatic N) is 4. The van der Waals surface area contributed by atoms with Crippen LogP contribution in [-0.4, -0.2) is 63.3 Å². The zero-order valence-corrected chi connectivity index (χ0v) is 25.0. The largest absolute Gasteiger partial charge is 0.474 e. The molecule has 4 fully saturated rings. The molecular weight excluding hydrogens is 615 g/mol. The van der Waals surface area contributed by atoms with Crippen molar-refractivity contribution in [2.24, 2.45) is 0 Å². The molecule has 14 heteroatoms. The van der Waals surface area contributed by atoms with Gasteiger partial charge in [0.2, 0.25) is 5.88 Å². The highest BCUT2D eigenvalue weighted by atomic mass is 32.1. The lowest BCUT2D eigenvalue weighted by Crippen LogP contribution is -2.43. The van der Waals surface area contributed by atoms with Gasteiger partial charge in [-0.05, 0) is 82.7 Å². The lowest BCUT2D eigenvalue weighted by atomic mass is 9.95. The van der Waals surface area contributed by atoms with E-state index in [1.165, 1.54) is 0 Å². The van der Waals surface area contributed by atoms with E-state index in [1.54, 1.807) is 0 Å². The molecule has 4 aliphatic heterocycles. The van der Waals surface area contributed by atoms with Gasteiger partial charge in [-0.15, -0.1) is 0 Å². The fourth-order valence-corrected chi connectivity index (χ4v) is 8.70. The van der Waals surface area contributed by atoms with Crippen LogP contribution in [0.1, 0.15) is 56.9 Å². The molecule has 4 saturated heterocycles. The highest BCUT2D eigenvalue weighted by Crippen LogP contribution is 2.46. The maximum atomic E-state index is 16.7. The van der Waals surface area contributed by atoms with Gasteiger partial charge in [0.15, 0.2) is 10.9 Å². The molecule has 2 bridgehead atoms. The Hall–Kier alpha value is -3.36. The number of ether oxygens (including phenoxy) is 2. The molecule has 0 spiro atoms. The molecule has 4 aromatic rings. The Balaban J connectivity index is 1.29. The number of anilines is 1. The number of fused-ring (bicyclic) bond motifs is 5. The minimum absolute atomic E-state index is 0.0528. The molecule has 8 nitrogen and oxygen atoms in total. The molecule has 3 N–H and O–H groups in total. The van der Waals surface area contributed by atoms with Crippen LogP contribution in [0.25, 0.3) is 32.2 Å². The number of nitrogens with two attached hydrogens (primary N) is 1.